The Labute approximate surface area is 194 Å². The SMILES string of the molecule is CCCOc1ccccc1/C=C/C(=O)NCc1nc2ccccc2n1CCc1ccccc1. The number of aryl methyl sites for hydroxylation is 2. The van der Waals surface area contributed by atoms with Gasteiger partial charge in [0.1, 0.15) is 11.6 Å². The van der Waals surface area contributed by atoms with E-state index in [1.54, 1.807) is 12.2 Å². The fourth-order valence-corrected chi connectivity index (χ4v) is 3.75. The van der Waals surface area contributed by atoms with Crippen molar-refractivity contribution in [2.75, 3.05) is 6.61 Å². The molecule has 4 rings (SSSR count). The molecule has 4 aromatic rings. The number of para-hydroxylation sites is 3. The van der Waals surface area contributed by atoms with Gasteiger partial charge in [-0.25, -0.2) is 4.98 Å². The van der Waals surface area contributed by atoms with Crippen LogP contribution in [0.15, 0.2) is 84.9 Å². The monoisotopic (exact) mass is 439 g/mol. The van der Waals surface area contributed by atoms with Crippen molar-refractivity contribution in [1.82, 2.24) is 14.9 Å². The van der Waals surface area contributed by atoms with E-state index < -0.39 is 0 Å². The molecule has 0 saturated heterocycles. The molecule has 1 heterocycles. The van der Waals surface area contributed by atoms with E-state index in [2.05, 4.69) is 47.1 Å². The smallest absolute Gasteiger partial charge is 0.244 e. The van der Waals surface area contributed by atoms with E-state index in [4.69, 9.17) is 9.72 Å². The van der Waals surface area contributed by atoms with Gasteiger partial charge < -0.3 is 14.6 Å². The number of nitrogens with one attached hydrogen (secondary N) is 1. The van der Waals surface area contributed by atoms with Crippen molar-refractivity contribution in [1.29, 1.82) is 0 Å². The zero-order valence-corrected chi connectivity index (χ0v) is 18.9. The highest BCUT2D eigenvalue weighted by molar-refractivity contribution is 5.92. The summed E-state index contributed by atoms with van der Waals surface area (Å²) in [7, 11) is 0. The first-order valence-corrected chi connectivity index (χ1v) is 11.4. The van der Waals surface area contributed by atoms with Gasteiger partial charge in [-0.1, -0.05) is 67.6 Å². The van der Waals surface area contributed by atoms with Crippen molar-refractivity contribution < 1.29 is 9.53 Å². The average molecular weight is 440 g/mol. The zero-order valence-electron chi connectivity index (χ0n) is 18.9. The summed E-state index contributed by atoms with van der Waals surface area (Å²) >= 11 is 0. The van der Waals surface area contributed by atoms with Crippen LogP contribution in [0.3, 0.4) is 0 Å². The van der Waals surface area contributed by atoms with Crippen molar-refractivity contribution in [3.8, 4) is 5.75 Å². The molecule has 0 aliphatic heterocycles. The van der Waals surface area contributed by atoms with Gasteiger partial charge in [0.2, 0.25) is 5.91 Å². The van der Waals surface area contributed by atoms with E-state index in [-0.39, 0.29) is 5.91 Å². The predicted molar refractivity (Wildman–Crippen MR) is 133 cm³/mol. The van der Waals surface area contributed by atoms with Crippen molar-refractivity contribution >= 4 is 23.0 Å². The topological polar surface area (TPSA) is 56.1 Å². The molecule has 33 heavy (non-hydrogen) atoms. The van der Waals surface area contributed by atoms with Gasteiger partial charge >= 0.3 is 0 Å². The molecule has 0 saturated carbocycles. The molecular formula is C28H29N3O2. The standard InChI is InChI=1S/C28H29N3O2/c1-2-20-33-26-15-9-6-12-23(26)16-17-28(32)29-21-27-30-24-13-7-8-14-25(24)31(27)19-18-22-10-4-3-5-11-22/h3-17H,2,18-21H2,1H3,(H,29,32)/b17-16+. The molecule has 5 heteroatoms. The molecule has 3 aromatic carbocycles. The minimum atomic E-state index is -0.165. The van der Waals surface area contributed by atoms with Gasteiger partial charge in [-0.15, -0.1) is 0 Å². The van der Waals surface area contributed by atoms with Crippen LogP contribution in [0.5, 0.6) is 5.75 Å². The lowest BCUT2D eigenvalue weighted by Crippen LogP contribution is -2.23. The van der Waals surface area contributed by atoms with Gasteiger partial charge in [-0.3, -0.25) is 4.79 Å². The number of carbonyl (C=O) groups is 1. The number of nitrogens with zero attached hydrogens (tertiary/aromatic N) is 2. The Morgan fingerprint density at radius 2 is 1.76 bits per heavy atom. The Bertz CT molecular complexity index is 1230. The van der Waals surface area contributed by atoms with E-state index in [0.717, 1.165) is 47.6 Å². The van der Waals surface area contributed by atoms with Gasteiger partial charge in [-0.05, 0) is 42.7 Å². The molecule has 0 aliphatic carbocycles. The van der Waals surface area contributed by atoms with Crippen LogP contribution < -0.4 is 10.1 Å². The highest BCUT2D eigenvalue weighted by Crippen LogP contribution is 2.20. The molecule has 5 nitrogen and oxygen atoms in total. The van der Waals surface area contributed by atoms with Crippen LogP contribution in [-0.4, -0.2) is 22.1 Å². The number of carbonyl (C=O) groups excluding carboxylic acids is 1. The number of aromatic nitrogens is 2. The first-order chi connectivity index (χ1) is 16.2. The van der Waals surface area contributed by atoms with Crippen LogP contribution in [0.25, 0.3) is 17.1 Å². The minimum absolute atomic E-state index is 0.165. The maximum Gasteiger partial charge on any atom is 0.244 e. The van der Waals surface area contributed by atoms with Crippen molar-refractivity contribution in [2.45, 2.75) is 32.9 Å². The van der Waals surface area contributed by atoms with Gasteiger partial charge in [0.15, 0.2) is 0 Å². The molecule has 0 fully saturated rings. The molecule has 0 radical (unpaired) electrons. The quantitative estimate of drug-likeness (QED) is 0.337. The Hall–Kier alpha value is -3.86. The fraction of sp³-hybridized carbons (Fsp3) is 0.214. The maximum absolute atomic E-state index is 12.5. The lowest BCUT2D eigenvalue weighted by atomic mass is 10.1. The van der Waals surface area contributed by atoms with E-state index >= 15 is 0 Å². The van der Waals surface area contributed by atoms with E-state index in [9.17, 15) is 4.79 Å². The summed E-state index contributed by atoms with van der Waals surface area (Å²) < 4.78 is 7.96. The Morgan fingerprint density at radius 1 is 1.00 bits per heavy atom. The molecule has 0 spiro atoms. The molecule has 0 unspecified atom stereocenters. The van der Waals surface area contributed by atoms with Gasteiger partial charge in [0.05, 0.1) is 24.2 Å². The van der Waals surface area contributed by atoms with Crippen molar-refractivity contribution in [3.05, 3.63) is 102 Å². The van der Waals surface area contributed by atoms with Gasteiger partial charge in [0, 0.05) is 18.2 Å². The summed E-state index contributed by atoms with van der Waals surface area (Å²) in [6, 6.07) is 26.2. The third-order valence-corrected chi connectivity index (χ3v) is 5.42. The number of fused-ring (bicyclic) bond motifs is 1. The average Bonchev–Trinajstić information content (AvgIpc) is 3.22. The number of benzene rings is 3. The number of hydrogen-bond acceptors (Lipinski definition) is 3. The van der Waals surface area contributed by atoms with E-state index in [1.165, 1.54) is 5.56 Å². The van der Waals surface area contributed by atoms with E-state index in [0.29, 0.717) is 13.2 Å². The fourth-order valence-electron chi connectivity index (χ4n) is 3.75. The lowest BCUT2D eigenvalue weighted by molar-refractivity contribution is -0.116. The summed E-state index contributed by atoms with van der Waals surface area (Å²) in [5.74, 6) is 1.47. The highest BCUT2D eigenvalue weighted by atomic mass is 16.5. The summed E-state index contributed by atoms with van der Waals surface area (Å²) in [4.78, 5) is 17.3. The number of ether oxygens (including phenoxy) is 1. The van der Waals surface area contributed by atoms with Gasteiger partial charge in [-0.2, -0.15) is 0 Å². The highest BCUT2D eigenvalue weighted by Gasteiger charge is 2.11. The van der Waals surface area contributed by atoms with Crippen LogP contribution in [-0.2, 0) is 24.3 Å². The first kappa shape index (κ1) is 22.3. The van der Waals surface area contributed by atoms with Crippen molar-refractivity contribution in [3.63, 3.8) is 0 Å². The summed E-state index contributed by atoms with van der Waals surface area (Å²) in [6.45, 7) is 3.88. The second-order valence-electron chi connectivity index (χ2n) is 7.84. The van der Waals surface area contributed by atoms with Crippen LogP contribution in [0.1, 0.15) is 30.3 Å². The number of rotatable bonds is 10. The van der Waals surface area contributed by atoms with Crippen LogP contribution >= 0.6 is 0 Å². The van der Waals surface area contributed by atoms with Crippen LogP contribution in [0.2, 0.25) is 0 Å². The summed E-state index contributed by atoms with van der Waals surface area (Å²) in [6.07, 6.45) is 5.17. The number of amides is 1. The first-order valence-electron chi connectivity index (χ1n) is 11.4. The van der Waals surface area contributed by atoms with Gasteiger partial charge in [0.25, 0.3) is 0 Å². The lowest BCUT2D eigenvalue weighted by Gasteiger charge is -2.10. The molecule has 0 atom stereocenters. The molecule has 1 aromatic heterocycles. The number of imidazole rings is 1. The molecule has 1 amide bonds. The minimum Gasteiger partial charge on any atom is -0.493 e. The summed E-state index contributed by atoms with van der Waals surface area (Å²) in [5.41, 5.74) is 4.18. The molecule has 0 aliphatic rings. The molecule has 1 N–H and O–H groups in total. The van der Waals surface area contributed by atoms with Crippen LogP contribution in [0, 0.1) is 0 Å². The normalized spacial score (nSPS) is 11.2. The van der Waals surface area contributed by atoms with Crippen molar-refractivity contribution in [2.24, 2.45) is 0 Å². The third kappa shape index (κ3) is 5.89. The van der Waals surface area contributed by atoms with Crippen LogP contribution in [0.4, 0.5) is 0 Å². The zero-order chi connectivity index (χ0) is 22.9. The predicted octanol–water partition coefficient (Wildman–Crippen LogP) is 5.40. The Morgan fingerprint density at radius 3 is 2.61 bits per heavy atom. The third-order valence-electron chi connectivity index (χ3n) is 5.42. The second-order valence-corrected chi connectivity index (χ2v) is 7.84. The second kappa shape index (κ2) is 11.1. The summed E-state index contributed by atoms with van der Waals surface area (Å²) in [5, 5.41) is 2.98. The number of hydrogen-bond donors (Lipinski definition) is 1. The molecule has 168 valence electrons. The van der Waals surface area contributed by atoms with E-state index in [1.807, 2.05) is 48.5 Å². The Balaban J connectivity index is 1.45. The molecule has 0 bridgehead atoms. The largest absolute Gasteiger partial charge is 0.493 e. The molecular weight excluding hydrogens is 410 g/mol. The maximum atomic E-state index is 12.5. The Kier molecular flexibility index (Phi) is 7.54.